The van der Waals surface area contributed by atoms with Gasteiger partial charge in [0.05, 0.1) is 0 Å². The Kier molecular flexibility index (Phi) is 4.53. The van der Waals surface area contributed by atoms with Gasteiger partial charge in [-0.05, 0) is 62.4 Å². The lowest BCUT2D eigenvalue weighted by Crippen LogP contribution is -2.34. The molecule has 3 nitrogen and oxygen atoms in total. The molecule has 1 saturated heterocycles. The zero-order valence-electron chi connectivity index (χ0n) is 15.2. The van der Waals surface area contributed by atoms with Crippen LogP contribution in [0.15, 0.2) is 48.5 Å². The van der Waals surface area contributed by atoms with Crippen molar-refractivity contribution in [2.24, 2.45) is 0 Å². The van der Waals surface area contributed by atoms with Crippen molar-refractivity contribution in [2.75, 3.05) is 6.54 Å². The van der Waals surface area contributed by atoms with Crippen LogP contribution in [0.2, 0.25) is 0 Å². The minimum Gasteiger partial charge on any atom is -0.488 e. The normalized spacial score (nSPS) is 24.6. The number of aryl methyl sites for hydroxylation is 1. The molecule has 0 radical (unpaired) electrons. The van der Waals surface area contributed by atoms with Gasteiger partial charge in [-0.2, -0.15) is 0 Å². The van der Waals surface area contributed by atoms with Crippen molar-refractivity contribution in [1.82, 2.24) is 10.6 Å². The molecule has 2 atom stereocenters. The van der Waals surface area contributed by atoms with Gasteiger partial charge in [0.2, 0.25) is 0 Å². The Bertz CT molecular complexity index is 726. The van der Waals surface area contributed by atoms with E-state index in [-0.39, 0.29) is 5.60 Å². The maximum atomic E-state index is 6.10. The molecule has 0 unspecified atom stereocenters. The fraction of sp³-hybridized carbons (Fsp3) is 0.455. The van der Waals surface area contributed by atoms with Crippen molar-refractivity contribution >= 4 is 0 Å². The standard InChI is InChI=1S/C22H28N2O/c1-22(2)12-10-18-14-16(8-9-20(18)25-22)15-24-19-11-13-23-21(19)17-6-4-3-5-7-17/h3-9,14,19,21,23-24H,10-13,15H2,1-2H3/t19-,21-/m1/s1. The van der Waals surface area contributed by atoms with E-state index in [1.165, 1.54) is 23.1 Å². The fourth-order valence-corrected chi connectivity index (χ4v) is 4.00. The third kappa shape index (κ3) is 3.73. The predicted octanol–water partition coefficient (Wildman–Crippen LogP) is 3.98. The molecule has 2 aromatic carbocycles. The van der Waals surface area contributed by atoms with Gasteiger partial charge in [-0.3, -0.25) is 0 Å². The topological polar surface area (TPSA) is 33.3 Å². The molecule has 2 aliphatic heterocycles. The second-order valence-electron chi connectivity index (χ2n) is 7.92. The first-order valence-electron chi connectivity index (χ1n) is 9.43. The Morgan fingerprint density at radius 3 is 2.84 bits per heavy atom. The van der Waals surface area contributed by atoms with Gasteiger partial charge in [0, 0.05) is 18.6 Å². The van der Waals surface area contributed by atoms with E-state index in [1.807, 2.05) is 0 Å². The van der Waals surface area contributed by atoms with Gasteiger partial charge < -0.3 is 15.4 Å². The minimum atomic E-state index is -0.0365. The lowest BCUT2D eigenvalue weighted by Gasteiger charge is -2.32. The van der Waals surface area contributed by atoms with E-state index in [0.717, 1.165) is 31.7 Å². The molecule has 0 amide bonds. The number of ether oxygens (including phenoxy) is 1. The second-order valence-corrected chi connectivity index (χ2v) is 7.92. The third-order valence-corrected chi connectivity index (χ3v) is 5.46. The highest BCUT2D eigenvalue weighted by molar-refractivity contribution is 5.39. The Morgan fingerprint density at radius 1 is 1.16 bits per heavy atom. The van der Waals surface area contributed by atoms with E-state index >= 15 is 0 Å². The molecule has 132 valence electrons. The highest BCUT2D eigenvalue weighted by atomic mass is 16.5. The van der Waals surface area contributed by atoms with E-state index in [1.54, 1.807) is 0 Å². The predicted molar refractivity (Wildman–Crippen MR) is 102 cm³/mol. The number of rotatable bonds is 4. The van der Waals surface area contributed by atoms with E-state index in [4.69, 9.17) is 4.74 Å². The van der Waals surface area contributed by atoms with E-state index in [2.05, 4.69) is 73.0 Å². The van der Waals surface area contributed by atoms with Crippen molar-refractivity contribution in [3.63, 3.8) is 0 Å². The van der Waals surface area contributed by atoms with Crippen LogP contribution >= 0.6 is 0 Å². The number of benzene rings is 2. The summed E-state index contributed by atoms with van der Waals surface area (Å²) < 4.78 is 6.10. The molecule has 0 aliphatic carbocycles. The maximum Gasteiger partial charge on any atom is 0.123 e. The van der Waals surface area contributed by atoms with Crippen LogP contribution in [0.4, 0.5) is 0 Å². The van der Waals surface area contributed by atoms with Crippen LogP contribution in [0.25, 0.3) is 0 Å². The average molecular weight is 336 g/mol. The molecule has 0 spiro atoms. The number of hydrogen-bond acceptors (Lipinski definition) is 3. The Balaban J connectivity index is 1.42. The number of fused-ring (bicyclic) bond motifs is 1. The summed E-state index contributed by atoms with van der Waals surface area (Å²) in [6.07, 6.45) is 3.36. The van der Waals surface area contributed by atoms with Crippen LogP contribution in [0, 0.1) is 0 Å². The van der Waals surface area contributed by atoms with Crippen molar-refractivity contribution < 1.29 is 4.74 Å². The summed E-state index contributed by atoms with van der Waals surface area (Å²) in [7, 11) is 0. The SMILES string of the molecule is CC1(C)CCc2cc(CN[C@@H]3CCN[C@@H]3c3ccccc3)ccc2O1. The lowest BCUT2D eigenvalue weighted by molar-refractivity contribution is 0.0846. The highest BCUT2D eigenvalue weighted by Crippen LogP contribution is 2.33. The van der Waals surface area contributed by atoms with Crippen LogP contribution in [0.1, 0.15) is 49.4 Å². The number of nitrogens with one attached hydrogen (secondary N) is 2. The highest BCUT2D eigenvalue weighted by Gasteiger charge is 2.28. The van der Waals surface area contributed by atoms with Gasteiger partial charge in [-0.25, -0.2) is 0 Å². The molecule has 2 aliphatic rings. The zero-order chi connectivity index (χ0) is 17.3. The molecule has 0 bridgehead atoms. The molecule has 1 fully saturated rings. The van der Waals surface area contributed by atoms with Crippen LogP contribution in [0.5, 0.6) is 5.75 Å². The van der Waals surface area contributed by atoms with Gasteiger partial charge in [-0.15, -0.1) is 0 Å². The average Bonchev–Trinajstić information content (AvgIpc) is 3.08. The molecule has 25 heavy (non-hydrogen) atoms. The van der Waals surface area contributed by atoms with Gasteiger partial charge in [-0.1, -0.05) is 42.5 Å². The summed E-state index contributed by atoms with van der Waals surface area (Å²) in [5.74, 6) is 1.06. The molecule has 0 aromatic heterocycles. The fourth-order valence-electron chi connectivity index (χ4n) is 4.00. The van der Waals surface area contributed by atoms with Crippen molar-refractivity contribution in [2.45, 2.75) is 57.3 Å². The van der Waals surface area contributed by atoms with Crippen LogP contribution in [-0.4, -0.2) is 18.2 Å². The maximum absolute atomic E-state index is 6.10. The molecule has 2 aromatic rings. The summed E-state index contributed by atoms with van der Waals surface area (Å²) in [6, 6.07) is 18.3. The summed E-state index contributed by atoms with van der Waals surface area (Å²) in [6.45, 7) is 6.32. The molecule has 3 heteroatoms. The quantitative estimate of drug-likeness (QED) is 0.886. The van der Waals surface area contributed by atoms with E-state index < -0.39 is 0 Å². The van der Waals surface area contributed by atoms with Gasteiger partial charge in [0.1, 0.15) is 11.4 Å². The van der Waals surface area contributed by atoms with E-state index in [9.17, 15) is 0 Å². The largest absolute Gasteiger partial charge is 0.488 e. The van der Waals surface area contributed by atoms with Crippen LogP contribution in [-0.2, 0) is 13.0 Å². The summed E-state index contributed by atoms with van der Waals surface area (Å²) in [4.78, 5) is 0. The van der Waals surface area contributed by atoms with Crippen molar-refractivity contribution in [3.05, 3.63) is 65.2 Å². The lowest BCUT2D eigenvalue weighted by atomic mass is 9.93. The third-order valence-electron chi connectivity index (χ3n) is 5.46. The van der Waals surface area contributed by atoms with Crippen LogP contribution < -0.4 is 15.4 Å². The molecular formula is C22H28N2O. The Hall–Kier alpha value is -1.84. The first kappa shape index (κ1) is 16.6. The van der Waals surface area contributed by atoms with Crippen LogP contribution in [0.3, 0.4) is 0 Å². The first-order chi connectivity index (χ1) is 12.1. The molecule has 2 heterocycles. The monoisotopic (exact) mass is 336 g/mol. The van der Waals surface area contributed by atoms with Gasteiger partial charge >= 0.3 is 0 Å². The summed E-state index contributed by atoms with van der Waals surface area (Å²) in [5.41, 5.74) is 4.03. The Labute approximate surface area is 150 Å². The first-order valence-corrected chi connectivity index (χ1v) is 9.43. The Morgan fingerprint density at radius 2 is 2.00 bits per heavy atom. The van der Waals surface area contributed by atoms with E-state index in [0.29, 0.717) is 12.1 Å². The van der Waals surface area contributed by atoms with Crippen molar-refractivity contribution in [1.29, 1.82) is 0 Å². The molecule has 2 N–H and O–H groups in total. The summed E-state index contributed by atoms with van der Waals surface area (Å²) in [5, 5.41) is 7.40. The smallest absolute Gasteiger partial charge is 0.123 e. The van der Waals surface area contributed by atoms with Gasteiger partial charge in [0.15, 0.2) is 0 Å². The minimum absolute atomic E-state index is 0.0365. The molecule has 4 rings (SSSR count). The molecule has 0 saturated carbocycles. The molecular weight excluding hydrogens is 308 g/mol. The summed E-state index contributed by atoms with van der Waals surface area (Å²) >= 11 is 0. The van der Waals surface area contributed by atoms with Gasteiger partial charge in [0.25, 0.3) is 0 Å². The zero-order valence-corrected chi connectivity index (χ0v) is 15.2. The van der Waals surface area contributed by atoms with Crippen molar-refractivity contribution in [3.8, 4) is 5.75 Å². The number of hydrogen-bond donors (Lipinski definition) is 2. The second kappa shape index (κ2) is 6.81.